The molecule has 0 saturated carbocycles. The first-order chi connectivity index (χ1) is 10.1. The number of nitrogens with zero attached hydrogens (tertiary/aromatic N) is 4. The quantitative estimate of drug-likeness (QED) is 0.917. The Morgan fingerprint density at radius 1 is 1.38 bits per heavy atom. The Hall–Kier alpha value is -2.37. The number of aromatic nitrogens is 3. The minimum absolute atomic E-state index is 0.0682. The summed E-state index contributed by atoms with van der Waals surface area (Å²) >= 11 is 0. The van der Waals surface area contributed by atoms with Crippen LogP contribution in [-0.2, 0) is 13.0 Å². The number of hydrogen-bond acceptors (Lipinski definition) is 4. The average molecular weight is 285 g/mol. The van der Waals surface area contributed by atoms with Crippen LogP contribution in [0.15, 0.2) is 30.7 Å². The van der Waals surface area contributed by atoms with E-state index in [-0.39, 0.29) is 11.9 Å². The zero-order valence-corrected chi connectivity index (χ0v) is 12.3. The highest BCUT2D eigenvalue weighted by atomic mass is 16.1. The summed E-state index contributed by atoms with van der Waals surface area (Å²) in [6.07, 6.45) is 7.21. The molecule has 0 saturated heterocycles. The standard InChI is InChI=1S/C15H19N5O/c1-19(2)13-5-3-11(9-17-13)15(21)18-12-4-6-14-16-7-8-20(14)10-12/h3,5,7-9,12H,4,6,10H2,1-2H3,(H,18,21)/t12-/m0/s1. The highest BCUT2D eigenvalue weighted by Gasteiger charge is 2.20. The van der Waals surface area contributed by atoms with E-state index in [4.69, 9.17) is 0 Å². The van der Waals surface area contributed by atoms with E-state index >= 15 is 0 Å². The number of hydrogen-bond donors (Lipinski definition) is 1. The van der Waals surface area contributed by atoms with E-state index < -0.39 is 0 Å². The summed E-state index contributed by atoms with van der Waals surface area (Å²) in [6.45, 7) is 0.782. The Labute approximate surface area is 123 Å². The van der Waals surface area contributed by atoms with Crippen molar-refractivity contribution in [3.63, 3.8) is 0 Å². The van der Waals surface area contributed by atoms with Gasteiger partial charge in [0.15, 0.2) is 0 Å². The number of anilines is 1. The Balaban J connectivity index is 1.64. The number of fused-ring (bicyclic) bond motifs is 1. The van der Waals surface area contributed by atoms with Crippen LogP contribution in [0.1, 0.15) is 22.6 Å². The molecular formula is C15H19N5O. The van der Waals surface area contributed by atoms with Gasteiger partial charge < -0.3 is 14.8 Å². The van der Waals surface area contributed by atoms with Crippen molar-refractivity contribution in [1.29, 1.82) is 0 Å². The number of pyridine rings is 1. The van der Waals surface area contributed by atoms with Gasteiger partial charge >= 0.3 is 0 Å². The van der Waals surface area contributed by atoms with Gasteiger partial charge in [0.2, 0.25) is 0 Å². The number of carbonyl (C=O) groups excluding carboxylic acids is 1. The highest BCUT2D eigenvalue weighted by Crippen LogP contribution is 2.14. The van der Waals surface area contributed by atoms with Gasteiger partial charge in [-0.3, -0.25) is 4.79 Å². The first-order valence-electron chi connectivity index (χ1n) is 7.08. The number of nitrogens with one attached hydrogen (secondary N) is 1. The number of amides is 1. The molecule has 1 atom stereocenters. The molecule has 3 rings (SSSR count). The van der Waals surface area contributed by atoms with E-state index in [1.54, 1.807) is 6.20 Å². The molecular weight excluding hydrogens is 266 g/mol. The van der Waals surface area contributed by atoms with Crippen molar-refractivity contribution in [2.75, 3.05) is 19.0 Å². The van der Waals surface area contributed by atoms with Gasteiger partial charge in [-0.05, 0) is 18.6 Å². The van der Waals surface area contributed by atoms with Crippen molar-refractivity contribution in [2.45, 2.75) is 25.4 Å². The molecule has 0 bridgehead atoms. The van der Waals surface area contributed by atoms with Crippen LogP contribution in [0.5, 0.6) is 0 Å². The Bertz CT molecular complexity index is 632. The number of imidazole rings is 1. The molecule has 6 heteroatoms. The van der Waals surface area contributed by atoms with Crippen molar-refractivity contribution < 1.29 is 4.79 Å². The van der Waals surface area contributed by atoms with Crippen molar-refractivity contribution in [1.82, 2.24) is 19.9 Å². The van der Waals surface area contributed by atoms with Crippen LogP contribution in [0.3, 0.4) is 0 Å². The fourth-order valence-electron chi connectivity index (χ4n) is 2.54. The zero-order valence-electron chi connectivity index (χ0n) is 12.3. The largest absolute Gasteiger partial charge is 0.363 e. The maximum atomic E-state index is 12.3. The predicted octanol–water partition coefficient (Wildman–Crippen LogP) is 1.09. The molecule has 1 N–H and O–H groups in total. The topological polar surface area (TPSA) is 63.1 Å². The lowest BCUT2D eigenvalue weighted by Gasteiger charge is -2.24. The van der Waals surface area contributed by atoms with Gasteiger partial charge in [-0.2, -0.15) is 0 Å². The third kappa shape index (κ3) is 2.89. The first kappa shape index (κ1) is 13.6. The number of carbonyl (C=O) groups is 1. The Morgan fingerprint density at radius 3 is 2.95 bits per heavy atom. The molecule has 110 valence electrons. The van der Waals surface area contributed by atoms with Crippen LogP contribution >= 0.6 is 0 Å². The third-order valence-electron chi connectivity index (χ3n) is 3.74. The summed E-state index contributed by atoms with van der Waals surface area (Å²) in [5, 5.41) is 3.07. The number of aryl methyl sites for hydroxylation is 1. The molecule has 0 unspecified atom stereocenters. The lowest BCUT2D eigenvalue weighted by atomic mass is 10.1. The summed E-state index contributed by atoms with van der Waals surface area (Å²) < 4.78 is 2.10. The van der Waals surface area contributed by atoms with E-state index in [9.17, 15) is 4.79 Å². The van der Waals surface area contributed by atoms with Crippen molar-refractivity contribution in [2.24, 2.45) is 0 Å². The van der Waals surface area contributed by atoms with Gasteiger partial charge in [-0.1, -0.05) is 0 Å². The molecule has 21 heavy (non-hydrogen) atoms. The molecule has 1 aliphatic rings. The molecule has 0 radical (unpaired) electrons. The molecule has 1 amide bonds. The highest BCUT2D eigenvalue weighted by molar-refractivity contribution is 5.94. The van der Waals surface area contributed by atoms with Gasteiger partial charge in [0.05, 0.1) is 5.56 Å². The molecule has 0 fully saturated rings. The Kier molecular flexibility index (Phi) is 3.60. The van der Waals surface area contributed by atoms with Crippen molar-refractivity contribution in [3.8, 4) is 0 Å². The van der Waals surface area contributed by atoms with E-state index in [0.29, 0.717) is 5.56 Å². The lowest BCUT2D eigenvalue weighted by molar-refractivity contribution is 0.0927. The van der Waals surface area contributed by atoms with Crippen molar-refractivity contribution >= 4 is 11.7 Å². The van der Waals surface area contributed by atoms with Crippen LogP contribution in [0.4, 0.5) is 5.82 Å². The lowest BCUT2D eigenvalue weighted by Crippen LogP contribution is -2.40. The Morgan fingerprint density at radius 2 is 2.24 bits per heavy atom. The fourth-order valence-corrected chi connectivity index (χ4v) is 2.54. The van der Waals surface area contributed by atoms with Gasteiger partial charge in [-0.15, -0.1) is 0 Å². The van der Waals surface area contributed by atoms with Crippen LogP contribution in [0.25, 0.3) is 0 Å². The number of rotatable bonds is 3. The summed E-state index contributed by atoms with van der Waals surface area (Å²) in [7, 11) is 3.85. The monoisotopic (exact) mass is 285 g/mol. The normalized spacial score (nSPS) is 17.1. The summed E-state index contributed by atoms with van der Waals surface area (Å²) in [4.78, 5) is 22.7. The van der Waals surface area contributed by atoms with Gasteiger partial charge in [0, 0.05) is 51.7 Å². The molecule has 1 aliphatic heterocycles. The first-order valence-corrected chi connectivity index (χ1v) is 7.08. The molecule has 0 aromatic carbocycles. The van der Waals surface area contributed by atoms with E-state index in [0.717, 1.165) is 31.0 Å². The molecule has 6 nitrogen and oxygen atoms in total. The van der Waals surface area contributed by atoms with Gasteiger partial charge in [0.25, 0.3) is 5.91 Å². The van der Waals surface area contributed by atoms with E-state index in [2.05, 4.69) is 19.9 Å². The van der Waals surface area contributed by atoms with E-state index in [1.807, 2.05) is 43.5 Å². The van der Waals surface area contributed by atoms with Crippen LogP contribution < -0.4 is 10.2 Å². The minimum Gasteiger partial charge on any atom is -0.363 e. The summed E-state index contributed by atoms with van der Waals surface area (Å²) in [6, 6.07) is 3.81. The summed E-state index contributed by atoms with van der Waals surface area (Å²) in [5.41, 5.74) is 0.594. The molecule has 0 aliphatic carbocycles. The molecule has 0 spiro atoms. The van der Waals surface area contributed by atoms with Gasteiger partial charge in [0.1, 0.15) is 11.6 Å². The smallest absolute Gasteiger partial charge is 0.253 e. The van der Waals surface area contributed by atoms with Crippen LogP contribution in [0, 0.1) is 0 Å². The SMILES string of the molecule is CN(C)c1ccc(C(=O)N[C@H]2CCc3nccn3C2)cn1. The predicted molar refractivity (Wildman–Crippen MR) is 80.4 cm³/mol. The van der Waals surface area contributed by atoms with Crippen LogP contribution in [0.2, 0.25) is 0 Å². The molecule has 2 aromatic heterocycles. The fraction of sp³-hybridized carbons (Fsp3) is 0.400. The summed E-state index contributed by atoms with van der Waals surface area (Å²) in [5.74, 6) is 1.87. The average Bonchev–Trinajstić information content (AvgIpc) is 2.95. The van der Waals surface area contributed by atoms with Crippen LogP contribution in [-0.4, -0.2) is 40.6 Å². The molecule has 2 aromatic rings. The minimum atomic E-state index is -0.0682. The van der Waals surface area contributed by atoms with Crippen molar-refractivity contribution in [3.05, 3.63) is 42.1 Å². The second-order valence-electron chi connectivity index (χ2n) is 5.50. The zero-order chi connectivity index (χ0) is 14.8. The second-order valence-corrected chi connectivity index (χ2v) is 5.50. The maximum Gasteiger partial charge on any atom is 0.253 e. The third-order valence-corrected chi connectivity index (χ3v) is 3.74. The van der Waals surface area contributed by atoms with E-state index in [1.165, 1.54) is 0 Å². The second kappa shape index (κ2) is 5.55. The maximum absolute atomic E-state index is 12.3. The van der Waals surface area contributed by atoms with Gasteiger partial charge in [-0.25, -0.2) is 9.97 Å². The molecule has 3 heterocycles.